The standard InChI is InChI=1S/C20H21NO4/c22-20(7-4-10-23-17-5-2-1-3-6-17)21-9-8-15-11-18-19(25-14-24-18)12-16(15)13-21/h1-3,5-6,11-12H,4,7-10,13-14H2. The lowest BCUT2D eigenvalue weighted by Gasteiger charge is -2.29. The van der Waals surface area contributed by atoms with Crippen LogP contribution in [0.2, 0.25) is 0 Å². The molecule has 5 nitrogen and oxygen atoms in total. The molecule has 5 heteroatoms. The first-order chi connectivity index (χ1) is 12.3. The van der Waals surface area contributed by atoms with Crippen LogP contribution in [-0.4, -0.2) is 30.8 Å². The molecule has 2 aromatic rings. The summed E-state index contributed by atoms with van der Waals surface area (Å²) < 4.78 is 16.5. The molecule has 1 amide bonds. The van der Waals surface area contributed by atoms with Crippen molar-refractivity contribution in [2.75, 3.05) is 19.9 Å². The van der Waals surface area contributed by atoms with E-state index in [4.69, 9.17) is 14.2 Å². The van der Waals surface area contributed by atoms with Crippen LogP contribution in [0.5, 0.6) is 17.2 Å². The van der Waals surface area contributed by atoms with E-state index in [1.165, 1.54) is 5.56 Å². The van der Waals surface area contributed by atoms with E-state index >= 15 is 0 Å². The number of benzene rings is 2. The number of carbonyl (C=O) groups is 1. The van der Waals surface area contributed by atoms with Gasteiger partial charge in [0.25, 0.3) is 0 Å². The normalized spacial score (nSPS) is 15.0. The molecule has 0 unspecified atom stereocenters. The van der Waals surface area contributed by atoms with E-state index in [1.54, 1.807) is 0 Å². The number of para-hydroxylation sites is 1. The summed E-state index contributed by atoms with van der Waals surface area (Å²) >= 11 is 0. The average molecular weight is 339 g/mol. The highest BCUT2D eigenvalue weighted by molar-refractivity contribution is 5.76. The number of carbonyl (C=O) groups excluding carboxylic acids is 1. The Hall–Kier alpha value is -2.69. The predicted molar refractivity (Wildman–Crippen MR) is 92.9 cm³/mol. The van der Waals surface area contributed by atoms with Crippen LogP contribution in [0.1, 0.15) is 24.0 Å². The Bertz CT molecular complexity index is 760. The molecule has 0 N–H and O–H groups in total. The summed E-state index contributed by atoms with van der Waals surface area (Å²) in [7, 11) is 0. The molecular formula is C20H21NO4. The predicted octanol–water partition coefficient (Wildman–Crippen LogP) is 3.16. The van der Waals surface area contributed by atoms with Crippen LogP contribution in [0.4, 0.5) is 0 Å². The maximum Gasteiger partial charge on any atom is 0.231 e. The van der Waals surface area contributed by atoms with Gasteiger partial charge in [-0.2, -0.15) is 0 Å². The van der Waals surface area contributed by atoms with Gasteiger partial charge in [0, 0.05) is 19.5 Å². The van der Waals surface area contributed by atoms with Gasteiger partial charge in [-0.1, -0.05) is 18.2 Å². The molecule has 0 fully saturated rings. The van der Waals surface area contributed by atoms with Crippen LogP contribution in [0, 0.1) is 0 Å². The summed E-state index contributed by atoms with van der Waals surface area (Å²) in [5, 5.41) is 0. The maximum atomic E-state index is 12.5. The molecule has 0 aromatic heterocycles. The number of amides is 1. The van der Waals surface area contributed by atoms with E-state index in [2.05, 4.69) is 0 Å². The van der Waals surface area contributed by atoms with Crippen molar-refractivity contribution in [1.29, 1.82) is 0 Å². The largest absolute Gasteiger partial charge is 0.494 e. The first-order valence-electron chi connectivity index (χ1n) is 8.66. The van der Waals surface area contributed by atoms with E-state index in [0.717, 1.165) is 42.2 Å². The molecule has 0 bridgehead atoms. The fourth-order valence-electron chi connectivity index (χ4n) is 3.25. The summed E-state index contributed by atoms with van der Waals surface area (Å²) in [5.74, 6) is 2.62. The van der Waals surface area contributed by atoms with Crippen LogP contribution >= 0.6 is 0 Å². The Labute approximate surface area is 147 Å². The third kappa shape index (κ3) is 3.55. The van der Waals surface area contributed by atoms with Crippen molar-refractivity contribution in [3.63, 3.8) is 0 Å². The SMILES string of the molecule is O=C(CCCOc1ccccc1)N1CCc2cc3c(cc2C1)OCO3. The smallest absolute Gasteiger partial charge is 0.231 e. The summed E-state index contributed by atoms with van der Waals surface area (Å²) in [5.41, 5.74) is 2.41. The molecule has 0 saturated heterocycles. The van der Waals surface area contributed by atoms with E-state index in [1.807, 2.05) is 47.4 Å². The molecule has 0 spiro atoms. The molecule has 4 rings (SSSR count). The van der Waals surface area contributed by atoms with Gasteiger partial charge in [-0.3, -0.25) is 4.79 Å². The summed E-state index contributed by atoms with van der Waals surface area (Å²) in [4.78, 5) is 14.4. The zero-order valence-corrected chi connectivity index (χ0v) is 14.1. The monoisotopic (exact) mass is 339 g/mol. The molecule has 25 heavy (non-hydrogen) atoms. The average Bonchev–Trinajstić information content (AvgIpc) is 3.10. The van der Waals surface area contributed by atoms with Gasteiger partial charge in [-0.15, -0.1) is 0 Å². The summed E-state index contributed by atoms with van der Waals surface area (Å²) in [6.07, 6.45) is 2.09. The minimum atomic E-state index is 0.181. The third-order valence-electron chi connectivity index (χ3n) is 4.61. The number of ether oxygens (including phenoxy) is 3. The lowest BCUT2D eigenvalue weighted by molar-refractivity contribution is -0.132. The van der Waals surface area contributed by atoms with Crippen molar-refractivity contribution >= 4 is 5.91 Å². The van der Waals surface area contributed by atoms with Gasteiger partial charge >= 0.3 is 0 Å². The topological polar surface area (TPSA) is 48.0 Å². The fraction of sp³-hybridized carbons (Fsp3) is 0.350. The van der Waals surface area contributed by atoms with Gasteiger partial charge in [0.15, 0.2) is 11.5 Å². The highest BCUT2D eigenvalue weighted by Crippen LogP contribution is 2.36. The van der Waals surface area contributed by atoms with Crippen molar-refractivity contribution in [3.8, 4) is 17.2 Å². The molecule has 0 atom stereocenters. The Morgan fingerprint density at radius 3 is 2.64 bits per heavy atom. The van der Waals surface area contributed by atoms with Crippen molar-refractivity contribution < 1.29 is 19.0 Å². The molecule has 2 aromatic carbocycles. The molecule has 2 heterocycles. The van der Waals surface area contributed by atoms with Crippen LogP contribution < -0.4 is 14.2 Å². The second kappa shape index (κ2) is 7.05. The Morgan fingerprint density at radius 1 is 1.08 bits per heavy atom. The fourth-order valence-corrected chi connectivity index (χ4v) is 3.25. The quantitative estimate of drug-likeness (QED) is 0.785. The van der Waals surface area contributed by atoms with E-state index in [-0.39, 0.29) is 12.7 Å². The Balaban J connectivity index is 1.28. The second-order valence-electron chi connectivity index (χ2n) is 6.30. The molecule has 0 aliphatic carbocycles. The molecule has 130 valence electrons. The Kier molecular flexibility index (Phi) is 4.46. The van der Waals surface area contributed by atoms with E-state index in [0.29, 0.717) is 19.6 Å². The van der Waals surface area contributed by atoms with Gasteiger partial charge in [-0.05, 0) is 48.2 Å². The van der Waals surface area contributed by atoms with Crippen LogP contribution in [0.3, 0.4) is 0 Å². The molecule has 0 radical (unpaired) electrons. The second-order valence-corrected chi connectivity index (χ2v) is 6.30. The minimum Gasteiger partial charge on any atom is -0.494 e. The van der Waals surface area contributed by atoms with Gasteiger partial charge in [0.1, 0.15) is 5.75 Å². The summed E-state index contributed by atoms with van der Waals surface area (Å²) in [6, 6.07) is 13.7. The Morgan fingerprint density at radius 2 is 1.84 bits per heavy atom. The number of fused-ring (bicyclic) bond motifs is 2. The van der Waals surface area contributed by atoms with Gasteiger partial charge < -0.3 is 19.1 Å². The van der Waals surface area contributed by atoms with Gasteiger partial charge in [0.05, 0.1) is 6.61 Å². The van der Waals surface area contributed by atoms with Crippen molar-refractivity contribution in [2.24, 2.45) is 0 Å². The zero-order chi connectivity index (χ0) is 17.1. The molecular weight excluding hydrogens is 318 g/mol. The first kappa shape index (κ1) is 15.8. The lowest BCUT2D eigenvalue weighted by atomic mass is 9.98. The zero-order valence-electron chi connectivity index (χ0n) is 14.1. The van der Waals surface area contributed by atoms with Crippen LogP contribution in [-0.2, 0) is 17.8 Å². The number of rotatable bonds is 5. The van der Waals surface area contributed by atoms with Crippen molar-refractivity contribution in [2.45, 2.75) is 25.8 Å². The number of hydrogen-bond acceptors (Lipinski definition) is 4. The van der Waals surface area contributed by atoms with E-state index in [9.17, 15) is 4.79 Å². The maximum absolute atomic E-state index is 12.5. The van der Waals surface area contributed by atoms with Crippen LogP contribution in [0.15, 0.2) is 42.5 Å². The lowest BCUT2D eigenvalue weighted by Crippen LogP contribution is -2.36. The molecule has 0 saturated carbocycles. The summed E-state index contributed by atoms with van der Waals surface area (Å²) in [6.45, 7) is 2.23. The highest BCUT2D eigenvalue weighted by Gasteiger charge is 2.24. The number of hydrogen-bond donors (Lipinski definition) is 0. The van der Waals surface area contributed by atoms with Crippen molar-refractivity contribution in [3.05, 3.63) is 53.6 Å². The van der Waals surface area contributed by atoms with Gasteiger partial charge in [0.2, 0.25) is 12.7 Å². The first-order valence-corrected chi connectivity index (χ1v) is 8.66. The molecule has 2 aliphatic rings. The van der Waals surface area contributed by atoms with Crippen LogP contribution in [0.25, 0.3) is 0 Å². The van der Waals surface area contributed by atoms with Crippen molar-refractivity contribution in [1.82, 2.24) is 4.90 Å². The third-order valence-corrected chi connectivity index (χ3v) is 4.61. The highest BCUT2D eigenvalue weighted by atomic mass is 16.7. The van der Waals surface area contributed by atoms with E-state index < -0.39 is 0 Å². The minimum absolute atomic E-state index is 0.181. The van der Waals surface area contributed by atoms with Gasteiger partial charge in [-0.25, -0.2) is 0 Å². The number of nitrogens with zero attached hydrogens (tertiary/aromatic N) is 1. The molecule has 2 aliphatic heterocycles.